The normalized spacial score (nSPS) is 46.0. The van der Waals surface area contributed by atoms with E-state index in [1.807, 2.05) is 0 Å². The molecule has 0 aromatic heterocycles. The third kappa shape index (κ3) is 17.7. The standard InChI is InChI=1S/C53H88N4O39/c1-13(63)54-25-17(67)5-53(52(82)83,96-44(25)29(69)18(68)6-58)85-12-24-32(72)37(77)40(80)50(91-24)94-43-22(10-62)89-48(28(35(43)75)57-16(4)66)95-45-38(78)30(70)19(7-59)87-51(45)84-11-23-31(71)36(76)39(79)49(90-23)93-42-21(9-61)88-47(27(34(42)74)56-15(3)65)92-41-20(8-60)86-46(81)26(33(41)73)55-14(2)64/h17-51,58-62,67-81H,5-12H2,1-4H3,(H,54,63)(H,55,64)(H,56,65)(H,57,66)(H,82,83)/t17-,18+,19+,20+,21+,22+,23+,24+,25+,26+,27+,28+,29+,30+,31+,32-,33+,34+,35+,36-,37-,38-,39-,40+,41+,42+,43+,44+,45-,46+,47-,48+,49-,50-,51-,53+/m0/s1. The maximum atomic E-state index is 12.8. The number of aliphatic hydroxyl groups excluding tert-OH is 20. The Morgan fingerprint density at radius 3 is 1.24 bits per heavy atom. The van der Waals surface area contributed by atoms with Gasteiger partial charge in [0, 0.05) is 34.1 Å². The molecule has 0 unspecified atom stereocenters. The van der Waals surface area contributed by atoms with Crippen molar-refractivity contribution in [3.05, 3.63) is 0 Å². The molecule has 7 saturated heterocycles. The lowest BCUT2D eigenvalue weighted by atomic mass is 9.88. The number of carbonyl (C=O) groups is 5. The number of amides is 4. The van der Waals surface area contributed by atoms with Crippen LogP contribution in [0.3, 0.4) is 0 Å². The summed E-state index contributed by atoms with van der Waals surface area (Å²) in [5.74, 6) is -8.33. The Balaban J connectivity index is 1.06. The van der Waals surface area contributed by atoms with Crippen molar-refractivity contribution in [2.45, 2.75) is 254 Å². The van der Waals surface area contributed by atoms with Gasteiger partial charge in [0.15, 0.2) is 37.7 Å². The zero-order chi connectivity index (χ0) is 71.3. The van der Waals surface area contributed by atoms with Crippen LogP contribution in [-0.2, 0) is 85.6 Å². The Kier molecular flexibility index (Phi) is 28.2. The van der Waals surface area contributed by atoms with E-state index in [-0.39, 0.29) is 0 Å². The van der Waals surface area contributed by atoms with E-state index in [0.717, 1.165) is 27.7 Å². The molecule has 0 spiro atoms. The highest BCUT2D eigenvalue weighted by molar-refractivity contribution is 5.77. The van der Waals surface area contributed by atoms with E-state index >= 15 is 0 Å². The van der Waals surface area contributed by atoms with Gasteiger partial charge in [-0.25, -0.2) is 4.79 Å². The fourth-order valence-electron chi connectivity index (χ4n) is 12.1. The number of ether oxygens (including phenoxy) is 13. The first-order valence-corrected chi connectivity index (χ1v) is 30.2. The van der Waals surface area contributed by atoms with Crippen LogP contribution in [0, 0.1) is 0 Å². The molecule has 0 bridgehead atoms. The first kappa shape index (κ1) is 79.4. The van der Waals surface area contributed by atoms with E-state index < -0.39 is 303 Å². The molecule has 7 fully saturated rings. The van der Waals surface area contributed by atoms with Crippen molar-refractivity contribution in [2.24, 2.45) is 0 Å². The van der Waals surface area contributed by atoms with E-state index in [2.05, 4.69) is 21.3 Å². The van der Waals surface area contributed by atoms with Crippen LogP contribution in [0.4, 0.5) is 0 Å². The smallest absolute Gasteiger partial charge is 0.364 e. The van der Waals surface area contributed by atoms with Crippen LogP contribution >= 0.6 is 0 Å². The number of hydrogen-bond donors (Lipinski definition) is 25. The van der Waals surface area contributed by atoms with Crippen molar-refractivity contribution in [2.75, 3.05) is 46.2 Å². The molecule has 4 amide bonds. The van der Waals surface area contributed by atoms with Gasteiger partial charge in [-0.2, -0.15) is 0 Å². The van der Waals surface area contributed by atoms with Crippen molar-refractivity contribution in [1.82, 2.24) is 21.3 Å². The molecule has 96 heavy (non-hydrogen) atoms. The number of rotatable bonds is 26. The van der Waals surface area contributed by atoms with Crippen LogP contribution in [0.15, 0.2) is 0 Å². The summed E-state index contributed by atoms with van der Waals surface area (Å²) in [7, 11) is 0. The summed E-state index contributed by atoms with van der Waals surface area (Å²) in [6.07, 6.45) is -63.5. The maximum absolute atomic E-state index is 12.8. The molecule has 0 saturated carbocycles. The van der Waals surface area contributed by atoms with Gasteiger partial charge in [-0.05, 0) is 0 Å². The molecule has 25 N–H and O–H groups in total. The summed E-state index contributed by atoms with van der Waals surface area (Å²) < 4.78 is 75.1. The van der Waals surface area contributed by atoms with Gasteiger partial charge in [-0.1, -0.05) is 0 Å². The van der Waals surface area contributed by atoms with Crippen LogP contribution in [0.1, 0.15) is 34.1 Å². The van der Waals surface area contributed by atoms with Crippen LogP contribution in [0.5, 0.6) is 0 Å². The van der Waals surface area contributed by atoms with Crippen LogP contribution in [0.2, 0.25) is 0 Å². The minimum atomic E-state index is -3.02. The highest BCUT2D eigenvalue weighted by Crippen LogP contribution is 2.39. The lowest BCUT2D eigenvalue weighted by Gasteiger charge is -2.50. The van der Waals surface area contributed by atoms with Gasteiger partial charge in [0.05, 0.1) is 58.4 Å². The SMILES string of the molecule is CC(=O)N[C@@H]1[C@@H](O)[C@H](O[C@@H]2O[C@H](CO)[C@@H](O[C@@H]3O[C@H](CO[C@H]4O[C@H](CO)[C@@H](O)[C@H](O)[C@@H]4O[C@H]4O[C@H](CO)[C@@H](O[C@@H]5O[C@H](CO[C@]6(C(=O)O)C[C@H](O)[C@@H](NC(C)=O)[C@H]([C@H](O)[C@H](O)CO)O6)[C@H](O)[C@H](O)[C@H]5O)[C@H](O)[C@H]4NC(C)=O)[C@@H](O)[C@H](O)[C@@H]3O)[C@H](O)[C@H]2NC(C)=O)[C@@H](CO)O[C@H]1O. The second-order valence-corrected chi connectivity index (χ2v) is 24.0. The minimum Gasteiger partial charge on any atom is -0.477 e. The number of carbonyl (C=O) groups excluding carboxylic acids is 4. The Hall–Kier alpha value is -3.97. The van der Waals surface area contributed by atoms with E-state index in [1.54, 1.807) is 0 Å². The quantitative estimate of drug-likeness (QED) is 0.0382. The lowest BCUT2D eigenvalue weighted by molar-refractivity contribution is -0.381. The van der Waals surface area contributed by atoms with Crippen molar-refractivity contribution >= 4 is 29.6 Å². The minimum absolute atomic E-state index is 0.728. The lowest BCUT2D eigenvalue weighted by Crippen LogP contribution is -2.70. The molecule has 43 nitrogen and oxygen atoms in total. The third-order valence-electron chi connectivity index (χ3n) is 17.1. The molecular formula is C53H88N4O39. The molecule has 554 valence electrons. The van der Waals surface area contributed by atoms with Gasteiger partial charge in [-0.3, -0.25) is 19.2 Å². The number of nitrogens with one attached hydrogen (secondary N) is 4. The Labute approximate surface area is 543 Å². The molecule has 7 heterocycles. The highest BCUT2D eigenvalue weighted by atomic mass is 16.8. The molecule has 36 atom stereocenters. The number of carboxylic acids is 1. The predicted octanol–water partition coefficient (Wildman–Crippen LogP) is -16.5. The summed E-state index contributed by atoms with van der Waals surface area (Å²) in [4.78, 5) is 62.1. The van der Waals surface area contributed by atoms with Crippen molar-refractivity contribution in [3.63, 3.8) is 0 Å². The molecule has 7 aliphatic heterocycles. The summed E-state index contributed by atoms with van der Waals surface area (Å²) in [5, 5.41) is 238. The molecule has 0 aromatic rings. The maximum Gasteiger partial charge on any atom is 0.364 e. The van der Waals surface area contributed by atoms with Crippen LogP contribution < -0.4 is 21.3 Å². The molecule has 7 aliphatic rings. The largest absolute Gasteiger partial charge is 0.477 e. The summed E-state index contributed by atoms with van der Waals surface area (Å²) in [5.41, 5.74) is 0. The molecule has 0 radical (unpaired) electrons. The fourth-order valence-corrected chi connectivity index (χ4v) is 12.1. The second kappa shape index (κ2) is 34.1. The molecular weight excluding hydrogens is 1320 g/mol. The summed E-state index contributed by atoms with van der Waals surface area (Å²) in [6.45, 7) is -3.42. The molecule has 0 aromatic carbocycles. The monoisotopic (exact) mass is 1400 g/mol. The first-order chi connectivity index (χ1) is 45.2. The second-order valence-electron chi connectivity index (χ2n) is 24.0. The topological polar surface area (TPSA) is 678 Å². The van der Waals surface area contributed by atoms with Crippen LogP contribution in [-0.4, -0.2) is 403 Å². The van der Waals surface area contributed by atoms with Gasteiger partial charge in [0.25, 0.3) is 5.79 Å². The first-order valence-electron chi connectivity index (χ1n) is 30.2. The van der Waals surface area contributed by atoms with E-state index in [0.29, 0.717) is 0 Å². The Morgan fingerprint density at radius 1 is 0.427 bits per heavy atom. The number of carboxylic acid groups (broad SMARTS) is 1. The van der Waals surface area contributed by atoms with Gasteiger partial charge < -0.3 is 190 Å². The van der Waals surface area contributed by atoms with Crippen molar-refractivity contribution < 1.29 is 193 Å². The van der Waals surface area contributed by atoms with Gasteiger partial charge in [0.1, 0.15) is 165 Å². The van der Waals surface area contributed by atoms with E-state index in [4.69, 9.17) is 61.6 Å². The fraction of sp³-hybridized carbons (Fsp3) is 0.906. The zero-order valence-corrected chi connectivity index (χ0v) is 51.6. The average molecular weight is 1410 g/mol. The van der Waals surface area contributed by atoms with E-state index in [9.17, 15) is 131 Å². The van der Waals surface area contributed by atoms with Crippen molar-refractivity contribution in [3.8, 4) is 0 Å². The third-order valence-corrected chi connectivity index (χ3v) is 17.1. The van der Waals surface area contributed by atoms with Gasteiger partial charge in [0.2, 0.25) is 23.6 Å². The predicted molar refractivity (Wildman–Crippen MR) is 295 cm³/mol. The number of hydrogen-bond acceptors (Lipinski definition) is 38. The van der Waals surface area contributed by atoms with Crippen molar-refractivity contribution in [1.29, 1.82) is 0 Å². The Bertz CT molecular complexity index is 2540. The summed E-state index contributed by atoms with van der Waals surface area (Å²) in [6, 6.07) is -6.82. The highest BCUT2D eigenvalue weighted by Gasteiger charge is 2.60. The van der Waals surface area contributed by atoms with Crippen LogP contribution in [0.25, 0.3) is 0 Å². The Morgan fingerprint density at radius 2 is 0.802 bits per heavy atom. The average Bonchev–Trinajstić information content (AvgIpc) is 0.761. The van der Waals surface area contributed by atoms with E-state index in [1.165, 1.54) is 0 Å². The zero-order valence-electron chi connectivity index (χ0n) is 51.6. The number of aliphatic carboxylic acids is 1. The summed E-state index contributed by atoms with van der Waals surface area (Å²) >= 11 is 0. The van der Waals surface area contributed by atoms with Gasteiger partial charge >= 0.3 is 5.97 Å². The number of aliphatic hydroxyl groups is 20. The molecule has 0 aliphatic carbocycles. The van der Waals surface area contributed by atoms with Gasteiger partial charge in [-0.15, -0.1) is 0 Å². The molecule has 7 rings (SSSR count). The molecule has 43 heteroatoms.